The van der Waals surface area contributed by atoms with Crippen LogP contribution in [0.1, 0.15) is 22.3 Å². The molecule has 180 valence electrons. The van der Waals surface area contributed by atoms with Crippen molar-refractivity contribution in [2.45, 2.75) is 0 Å². The zero-order valence-corrected chi connectivity index (χ0v) is 19.8. The van der Waals surface area contributed by atoms with Crippen LogP contribution >= 0.6 is 0 Å². The van der Waals surface area contributed by atoms with E-state index in [9.17, 15) is 10.5 Å². The van der Waals surface area contributed by atoms with E-state index in [0.29, 0.717) is 45.3 Å². The van der Waals surface area contributed by atoms with Crippen LogP contribution in [0.3, 0.4) is 0 Å². The van der Waals surface area contributed by atoms with Gasteiger partial charge >= 0.3 is 0 Å². The molecule has 0 unspecified atom stereocenters. The summed E-state index contributed by atoms with van der Waals surface area (Å²) in [5.41, 5.74) is 8.69. The normalized spacial score (nSPS) is 10.6. The lowest BCUT2D eigenvalue weighted by Crippen LogP contribution is -2.05. The van der Waals surface area contributed by atoms with E-state index in [1.807, 2.05) is 36.4 Å². The van der Waals surface area contributed by atoms with Gasteiger partial charge in [-0.05, 0) is 24.3 Å². The highest BCUT2D eigenvalue weighted by molar-refractivity contribution is 5.84. The quantitative estimate of drug-likeness (QED) is 0.224. The Hall–Kier alpha value is -5.74. The molecule has 0 spiro atoms. The van der Waals surface area contributed by atoms with E-state index >= 15 is 0 Å². The summed E-state index contributed by atoms with van der Waals surface area (Å²) in [7, 11) is 1.59. The Kier molecular flexibility index (Phi) is 7.98. The van der Waals surface area contributed by atoms with Crippen molar-refractivity contribution in [2.24, 2.45) is 10.2 Å². The molecule has 10 heteroatoms. The molecule has 0 radical (unpaired) electrons. The number of aromatic nitrogens is 2. The van der Waals surface area contributed by atoms with Crippen molar-refractivity contribution in [2.75, 3.05) is 23.3 Å². The molecule has 0 saturated heterocycles. The van der Waals surface area contributed by atoms with E-state index in [4.69, 9.17) is 4.74 Å². The van der Waals surface area contributed by atoms with E-state index in [1.54, 1.807) is 49.6 Å². The average Bonchev–Trinajstić information content (AvgIpc) is 2.94. The molecule has 10 nitrogen and oxygen atoms in total. The monoisotopic (exact) mass is 487 g/mol. The van der Waals surface area contributed by atoms with Crippen LogP contribution < -0.4 is 20.9 Å². The van der Waals surface area contributed by atoms with Gasteiger partial charge < -0.3 is 10.1 Å². The Morgan fingerprint density at radius 2 is 1.32 bits per heavy atom. The topological polar surface area (TPSA) is 143 Å². The third-order valence-corrected chi connectivity index (χ3v) is 5.01. The largest absolute Gasteiger partial charge is 0.495 e. The summed E-state index contributed by atoms with van der Waals surface area (Å²) in [5.74, 6) is 1.64. The Morgan fingerprint density at radius 3 is 1.97 bits per heavy atom. The minimum Gasteiger partial charge on any atom is -0.495 e. The fourth-order valence-electron chi connectivity index (χ4n) is 3.25. The first-order chi connectivity index (χ1) is 18.2. The van der Waals surface area contributed by atoms with Crippen LogP contribution in [-0.4, -0.2) is 29.5 Å². The molecule has 1 aromatic heterocycles. The lowest BCUT2D eigenvalue weighted by Gasteiger charge is -2.12. The second-order valence-corrected chi connectivity index (χ2v) is 7.43. The van der Waals surface area contributed by atoms with Gasteiger partial charge in [-0.1, -0.05) is 48.5 Å². The number of hydrazone groups is 2. The number of nitrogens with one attached hydrogen (secondary N) is 3. The van der Waals surface area contributed by atoms with Gasteiger partial charge in [0.1, 0.15) is 11.6 Å². The summed E-state index contributed by atoms with van der Waals surface area (Å²) in [6.45, 7) is 0. The molecule has 1 heterocycles. The van der Waals surface area contributed by atoms with Crippen LogP contribution in [0.4, 0.5) is 23.3 Å². The van der Waals surface area contributed by atoms with Gasteiger partial charge in [-0.25, -0.2) is 5.43 Å². The van der Waals surface area contributed by atoms with Crippen LogP contribution in [0.15, 0.2) is 89.1 Å². The molecule has 3 aromatic carbocycles. The van der Waals surface area contributed by atoms with Crippen molar-refractivity contribution >= 4 is 35.7 Å². The van der Waals surface area contributed by atoms with Crippen molar-refractivity contribution in [3.05, 3.63) is 101 Å². The van der Waals surface area contributed by atoms with E-state index in [0.717, 1.165) is 0 Å². The molecule has 0 aliphatic carbocycles. The minimum atomic E-state index is 0.181. The zero-order valence-electron chi connectivity index (χ0n) is 19.8. The van der Waals surface area contributed by atoms with Gasteiger partial charge in [0.05, 0.1) is 48.5 Å². The smallest absolute Gasteiger partial charge is 0.247 e. The first-order valence-electron chi connectivity index (χ1n) is 11.1. The maximum Gasteiger partial charge on any atom is 0.247 e. The number of ether oxygens (including phenoxy) is 1. The van der Waals surface area contributed by atoms with Gasteiger partial charge in [-0.2, -0.15) is 30.7 Å². The number of anilines is 4. The summed E-state index contributed by atoms with van der Waals surface area (Å²) < 4.78 is 5.41. The summed E-state index contributed by atoms with van der Waals surface area (Å²) in [5, 5.41) is 30.2. The minimum absolute atomic E-state index is 0.181. The third kappa shape index (κ3) is 6.44. The van der Waals surface area contributed by atoms with Crippen molar-refractivity contribution in [3.63, 3.8) is 0 Å². The first-order valence-corrected chi connectivity index (χ1v) is 11.1. The average molecular weight is 488 g/mol. The van der Waals surface area contributed by atoms with E-state index < -0.39 is 0 Å². The Labute approximate surface area is 213 Å². The predicted molar refractivity (Wildman–Crippen MR) is 143 cm³/mol. The van der Waals surface area contributed by atoms with Crippen molar-refractivity contribution in [1.29, 1.82) is 10.5 Å². The molecule has 0 fully saturated rings. The van der Waals surface area contributed by atoms with Crippen molar-refractivity contribution in [3.8, 4) is 17.9 Å². The molecule has 37 heavy (non-hydrogen) atoms. The lowest BCUT2D eigenvalue weighted by atomic mass is 10.1. The fourth-order valence-corrected chi connectivity index (χ4v) is 3.25. The number of nitriles is 2. The van der Waals surface area contributed by atoms with Crippen LogP contribution in [0.5, 0.6) is 5.75 Å². The van der Waals surface area contributed by atoms with Crippen LogP contribution in [0.25, 0.3) is 0 Å². The molecule has 0 atom stereocenters. The number of rotatable bonds is 9. The Bertz CT molecular complexity index is 1450. The maximum atomic E-state index is 9.28. The molecule has 0 bridgehead atoms. The van der Waals surface area contributed by atoms with Gasteiger partial charge in [0.2, 0.25) is 5.95 Å². The standard InChI is InChI=1S/C27H21N9O/c1-37-24-13-7-6-12-23(24)32-25-14-26(35-30-17-21-10-4-2-8-19(21)15-28)34-27(33-25)36-31-18-22-11-5-3-9-20(22)16-29/h2-14,17-18H,1H3,(H3,32,33,34,35,36). The second kappa shape index (κ2) is 12.1. The molecule has 0 saturated carbocycles. The van der Waals surface area contributed by atoms with Crippen LogP contribution in [0.2, 0.25) is 0 Å². The van der Waals surface area contributed by atoms with E-state index in [2.05, 4.69) is 48.5 Å². The number of hydrogen-bond acceptors (Lipinski definition) is 10. The molecule has 0 amide bonds. The number of benzene rings is 3. The summed E-state index contributed by atoms with van der Waals surface area (Å²) >= 11 is 0. The molecule has 3 N–H and O–H groups in total. The SMILES string of the molecule is COc1ccccc1Nc1cc(NN=Cc2ccccc2C#N)nc(NN=Cc2ccccc2C#N)n1. The highest BCUT2D eigenvalue weighted by Crippen LogP contribution is 2.27. The van der Waals surface area contributed by atoms with Gasteiger partial charge in [0.25, 0.3) is 0 Å². The first kappa shape index (κ1) is 24.4. The Morgan fingerprint density at radius 1 is 0.757 bits per heavy atom. The lowest BCUT2D eigenvalue weighted by molar-refractivity contribution is 0.417. The van der Waals surface area contributed by atoms with Crippen LogP contribution in [0, 0.1) is 22.7 Å². The van der Waals surface area contributed by atoms with Gasteiger partial charge in [0.15, 0.2) is 5.82 Å². The molecule has 4 rings (SSSR count). The summed E-state index contributed by atoms with van der Waals surface area (Å²) in [6.07, 6.45) is 3.06. The zero-order chi connectivity index (χ0) is 25.9. The highest BCUT2D eigenvalue weighted by Gasteiger charge is 2.08. The number of hydrogen-bond donors (Lipinski definition) is 3. The van der Waals surface area contributed by atoms with Crippen molar-refractivity contribution in [1.82, 2.24) is 9.97 Å². The number of methoxy groups -OCH3 is 1. The molecule has 0 aliphatic heterocycles. The molecular formula is C27H21N9O. The molecule has 0 aliphatic rings. The third-order valence-electron chi connectivity index (χ3n) is 5.01. The molecular weight excluding hydrogens is 466 g/mol. The highest BCUT2D eigenvalue weighted by atomic mass is 16.5. The van der Waals surface area contributed by atoms with Gasteiger partial charge in [-0.15, -0.1) is 0 Å². The maximum absolute atomic E-state index is 9.28. The van der Waals surface area contributed by atoms with Crippen molar-refractivity contribution < 1.29 is 4.74 Å². The predicted octanol–water partition coefficient (Wildman–Crippen LogP) is 4.86. The van der Waals surface area contributed by atoms with Gasteiger partial charge in [0, 0.05) is 17.2 Å². The van der Waals surface area contributed by atoms with E-state index in [-0.39, 0.29) is 5.95 Å². The van der Waals surface area contributed by atoms with E-state index in [1.165, 1.54) is 12.4 Å². The fraction of sp³-hybridized carbons (Fsp3) is 0.0370. The van der Waals surface area contributed by atoms with Gasteiger partial charge in [-0.3, -0.25) is 5.43 Å². The Balaban J connectivity index is 1.60. The summed E-state index contributed by atoms with van der Waals surface area (Å²) in [4.78, 5) is 8.87. The molecule has 4 aromatic rings. The summed E-state index contributed by atoms with van der Waals surface area (Å²) in [6, 6.07) is 27.6. The van der Waals surface area contributed by atoms with Crippen LogP contribution in [-0.2, 0) is 0 Å². The number of para-hydroxylation sites is 2. The second-order valence-electron chi connectivity index (χ2n) is 7.43. The number of nitrogens with zero attached hydrogens (tertiary/aromatic N) is 6.